The van der Waals surface area contributed by atoms with Gasteiger partial charge in [-0.3, -0.25) is 5.73 Å². The van der Waals surface area contributed by atoms with Gasteiger partial charge in [-0.25, -0.2) is 0 Å². The number of hydrogen-bond acceptors (Lipinski definition) is 1. The topological polar surface area (TPSA) is 35.8 Å². The maximum absolute atomic E-state index is 6.64. The summed E-state index contributed by atoms with van der Waals surface area (Å²) in [5.41, 5.74) is 6.64. The molecule has 0 aliphatic carbocycles. The summed E-state index contributed by atoms with van der Waals surface area (Å²) in [5, 5.41) is 3.01. The summed E-state index contributed by atoms with van der Waals surface area (Å²) in [4.78, 5) is 0. The standard InChI is InChI=1S/C4H11N2/c1-2-6-4-3-5/h5-6H,2-4H2,1H3. The summed E-state index contributed by atoms with van der Waals surface area (Å²) in [7, 11) is 0. The van der Waals surface area contributed by atoms with Crippen LogP contribution in [0.4, 0.5) is 0 Å². The smallest absolute Gasteiger partial charge is 0.0225 e. The second-order valence-electron chi connectivity index (χ2n) is 1.10. The van der Waals surface area contributed by atoms with Crippen molar-refractivity contribution in [3.8, 4) is 0 Å². The fraction of sp³-hybridized carbons (Fsp3) is 1.00. The van der Waals surface area contributed by atoms with Crippen LogP contribution in [0.15, 0.2) is 0 Å². The van der Waals surface area contributed by atoms with Crippen molar-refractivity contribution in [1.82, 2.24) is 11.1 Å². The molecule has 0 aromatic heterocycles. The van der Waals surface area contributed by atoms with E-state index in [1.165, 1.54) is 0 Å². The lowest BCUT2D eigenvalue weighted by molar-refractivity contribution is 0.718. The van der Waals surface area contributed by atoms with Crippen molar-refractivity contribution in [2.75, 3.05) is 19.6 Å². The van der Waals surface area contributed by atoms with Gasteiger partial charge in [-0.05, 0) is 6.54 Å². The van der Waals surface area contributed by atoms with Crippen LogP contribution < -0.4 is 11.1 Å². The van der Waals surface area contributed by atoms with Crippen LogP contribution in [0.25, 0.3) is 0 Å². The molecule has 37 valence electrons. The summed E-state index contributed by atoms with van der Waals surface area (Å²) < 4.78 is 0. The number of nitrogens with one attached hydrogen (secondary N) is 2. The Balaban J connectivity index is 2.34. The van der Waals surface area contributed by atoms with E-state index in [2.05, 4.69) is 5.32 Å². The number of likely N-dealkylation sites (N-methyl/N-ethyl adjacent to an activating group) is 1. The lowest BCUT2D eigenvalue weighted by atomic mass is 10.6. The Hall–Kier alpha value is -0.0800. The highest BCUT2D eigenvalue weighted by atomic mass is 14.9. The van der Waals surface area contributed by atoms with Crippen LogP contribution in [0.5, 0.6) is 0 Å². The van der Waals surface area contributed by atoms with Crippen molar-refractivity contribution in [1.29, 1.82) is 0 Å². The summed E-state index contributed by atoms with van der Waals surface area (Å²) in [6, 6.07) is 0. The monoisotopic (exact) mass is 87.1 g/mol. The lowest BCUT2D eigenvalue weighted by Gasteiger charge is -1.91. The molecule has 0 saturated heterocycles. The Morgan fingerprint density at radius 3 is 2.50 bits per heavy atom. The highest BCUT2D eigenvalue weighted by Gasteiger charge is 1.72. The SMILES string of the molecule is CCNCC[NH]. The van der Waals surface area contributed by atoms with E-state index in [1.807, 2.05) is 6.92 Å². The molecule has 6 heavy (non-hydrogen) atoms. The molecule has 0 saturated carbocycles. The van der Waals surface area contributed by atoms with E-state index >= 15 is 0 Å². The highest BCUT2D eigenvalue weighted by Crippen LogP contribution is 1.50. The minimum Gasteiger partial charge on any atom is -0.316 e. The Morgan fingerprint density at radius 1 is 1.67 bits per heavy atom. The molecule has 2 heteroatoms. The Bertz CT molecular complexity index is 17.5. The van der Waals surface area contributed by atoms with Gasteiger partial charge in [0.1, 0.15) is 0 Å². The second kappa shape index (κ2) is 4.92. The van der Waals surface area contributed by atoms with E-state index in [0.29, 0.717) is 6.54 Å². The van der Waals surface area contributed by atoms with Gasteiger partial charge in [-0.2, -0.15) is 0 Å². The zero-order valence-electron chi connectivity index (χ0n) is 4.12. The van der Waals surface area contributed by atoms with Gasteiger partial charge >= 0.3 is 0 Å². The molecule has 0 bridgehead atoms. The van der Waals surface area contributed by atoms with E-state index < -0.39 is 0 Å². The lowest BCUT2D eigenvalue weighted by Crippen LogP contribution is -2.17. The van der Waals surface area contributed by atoms with E-state index in [9.17, 15) is 0 Å². The van der Waals surface area contributed by atoms with E-state index in [0.717, 1.165) is 13.1 Å². The van der Waals surface area contributed by atoms with Crippen LogP contribution in [0, 0.1) is 0 Å². The van der Waals surface area contributed by atoms with Gasteiger partial charge in [-0.1, -0.05) is 6.92 Å². The number of rotatable bonds is 3. The van der Waals surface area contributed by atoms with E-state index in [-0.39, 0.29) is 0 Å². The van der Waals surface area contributed by atoms with Crippen molar-refractivity contribution in [3.05, 3.63) is 0 Å². The van der Waals surface area contributed by atoms with E-state index in [1.54, 1.807) is 0 Å². The molecule has 0 atom stereocenters. The predicted molar refractivity (Wildman–Crippen MR) is 26.5 cm³/mol. The first-order chi connectivity index (χ1) is 2.91. The van der Waals surface area contributed by atoms with Crippen molar-refractivity contribution >= 4 is 0 Å². The van der Waals surface area contributed by atoms with Gasteiger partial charge in [0.2, 0.25) is 0 Å². The molecule has 0 aromatic rings. The molecule has 0 rings (SSSR count). The summed E-state index contributed by atoms with van der Waals surface area (Å²) >= 11 is 0. The van der Waals surface area contributed by atoms with Crippen molar-refractivity contribution in [3.63, 3.8) is 0 Å². The van der Waals surface area contributed by atoms with Gasteiger partial charge in [0.05, 0.1) is 0 Å². The van der Waals surface area contributed by atoms with Crippen LogP contribution >= 0.6 is 0 Å². The van der Waals surface area contributed by atoms with Crippen LogP contribution in [0.1, 0.15) is 6.92 Å². The van der Waals surface area contributed by atoms with Gasteiger partial charge in [0.15, 0.2) is 0 Å². The van der Waals surface area contributed by atoms with Crippen LogP contribution in [0.3, 0.4) is 0 Å². The quantitative estimate of drug-likeness (QED) is 0.478. The first-order valence-corrected chi connectivity index (χ1v) is 2.27. The van der Waals surface area contributed by atoms with Gasteiger partial charge < -0.3 is 5.32 Å². The molecule has 0 amide bonds. The summed E-state index contributed by atoms with van der Waals surface area (Å²) in [6.07, 6.45) is 0. The van der Waals surface area contributed by atoms with E-state index in [4.69, 9.17) is 5.73 Å². The molecule has 0 aliphatic rings. The highest BCUT2D eigenvalue weighted by molar-refractivity contribution is 4.38. The van der Waals surface area contributed by atoms with Crippen LogP contribution in [0.2, 0.25) is 0 Å². The first-order valence-electron chi connectivity index (χ1n) is 2.27. The zero-order chi connectivity index (χ0) is 4.83. The molecule has 0 spiro atoms. The number of hydrogen-bond donors (Lipinski definition) is 1. The molecule has 0 unspecified atom stereocenters. The summed E-state index contributed by atoms with van der Waals surface area (Å²) in [6.45, 7) is 4.35. The van der Waals surface area contributed by atoms with Crippen molar-refractivity contribution in [2.45, 2.75) is 6.92 Å². The third-order valence-corrected chi connectivity index (χ3v) is 0.552. The second-order valence-corrected chi connectivity index (χ2v) is 1.10. The normalized spacial score (nSPS) is 9.00. The van der Waals surface area contributed by atoms with Crippen LogP contribution in [-0.2, 0) is 0 Å². The third-order valence-electron chi connectivity index (χ3n) is 0.552. The summed E-state index contributed by atoms with van der Waals surface area (Å²) in [5.74, 6) is 0. The molecule has 0 heterocycles. The molecule has 2 N–H and O–H groups in total. The molecule has 1 radical (unpaired) electrons. The zero-order valence-corrected chi connectivity index (χ0v) is 4.12. The largest absolute Gasteiger partial charge is 0.316 e. The molecule has 0 aliphatic heterocycles. The molecule has 0 aromatic carbocycles. The average molecular weight is 87.1 g/mol. The first kappa shape index (κ1) is 5.92. The average Bonchev–Trinajstić information content (AvgIpc) is 1.61. The minimum atomic E-state index is 0.494. The molecular formula is C4H11N2. The van der Waals surface area contributed by atoms with Gasteiger partial charge in [-0.15, -0.1) is 0 Å². The van der Waals surface area contributed by atoms with Crippen LogP contribution in [-0.4, -0.2) is 19.6 Å². The Kier molecular flexibility index (Phi) is 4.85. The van der Waals surface area contributed by atoms with Gasteiger partial charge in [0, 0.05) is 13.1 Å². The minimum absolute atomic E-state index is 0.494. The predicted octanol–water partition coefficient (Wildman–Crippen LogP) is -0.121. The Labute approximate surface area is 38.7 Å². The maximum atomic E-state index is 6.64. The fourth-order valence-electron chi connectivity index (χ4n) is 0.265. The molecular weight excluding hydrogens is 76.1 g/mol. The van der Waals surface area contributed by atoms with Crippen molar-refractivity contribution in [2.24, 2.45) is 0 Å². The Morgan fingerprint density at radius 2 is 2.33 bits per heavy atom. The molecule has 2 nitrogen and oxygen atoms in total. The third kappa shape index (κ3) is 3.92. The maximum Gasteiger partial charge on any atom is 0.0225 e. The van der Waals surface area contributed by atoms with Gasteiger partial charge in [0.25, 0.3) is 0 Å². The van der Waals surface area contributed by atoms with Crippen molar-refractivity contribution < 1.29 is 0 Å². The fourth-order valence-corrected chi connectivity index (χ4v) is 0.265. The molecule has 0 fully saturated rings.